The van der Waals surface area contributed by atoms with Gasteiger partial charge in [0.15, 0.2) is 5.69 Å². The number of imidazole rings is 1. The SMILES string of the molecule is COC(=O)c1cc2n(CC3CCC3)ccn2n1. The van der Waals surface area contributed by atoms with Crippen LogP contribution in [0.3, 0.4) is 0 Å². The zero-order valence-corrected chi connectivity index (χ0v) is 9.80. The van der Waals surface area contributed by atoms with Gasteiger partial charge in [-0.05, 0) is 18.8 Å². The molecule has 1 aliphatic rings. The van der Waals surface area contributed by atoms with Crippen molar-refractivity contribution in [3.63, 3.8) is 0 Å². The molecule has 0 aliphatic heterocycles. The van der Waals surface area contributed by atoms with Crippen molar-refractivity contribution in [2.45, 2.75) is 25.8 Å². The second kappa shape index (κ2) is 3.91. The van der Waals surface area contributed by atoms with E-state index < -0.39 is 0 Å². The monoisotopic (exact) mass is 233 g/mol. The number of methoxy groups -OCH3 is 1. The fraction of sp³-hybridized carbons (Fsp3) is 0.500. The van der Waals surface area contributed by atoms with E-state index in [4.69, 9.17) is 0 Å². The van der Waals surface area contributed by atoms with E-state index in [1.54, 1.807) is 10.6 Å². The van der Waals surface area contributed by atoms with Gasteiger partial charge in [-0.2, -0.15) is 5.10 Å². The van der Waals surface area contributed by atoms with Crippen molar-refractivity contribution < 1.29 is 9.53 Å². The summed E-state index contributed by atoms with van der Waals surface area (Å²) in [6.07, 6.45) is 7.85. The highest BCUT2D eigenvalue weighted by molar-refractivity contribution is 5.88. The smallest absolute Gasteiger partial charge is 0.358 e. The van der Waals surface area contributed by atoms with E-state index in [1.807, 2.05) is 12.4 Å². The molecule has 17 heavy (non-hydrogen) atoms. The minimum absolute atomic E-state index is 0.366. The standard InChI is InChI=1S/C12H15N3O2/c1-17-12(16)10-7-11-14(5-6-15(11)13-10)8-9-3-2-4-9/h5-7,9H,2-4,8H2,1H3. The number of esters is 1. The summed E-state index contributed by atoms with van der Waals surface area (Å²) < 4.78 is 8.55. The van der Waals surface area contributed by atoms with E-state index in [0.717, 1.165) is 18.1 Å². The first-order valence-corrected chi connectivity index (χ1v) is 5.91. The van der Waals surface area contributed by atoms with Gasteiger partial charge in [0.05, 0.1) is 7.11 Å². The molecule has 90 valence electrons. The number of rotatable bonds is 3. The summed E-state index contributed by atoms with van der Waals surface area (Å²) in [5.74, 6) is 0.395. The molecule has 5 nitrogen and oxygen atoms in total. The topological polar surface area (TPSA) is 48.5 Å². The van der Waals surface area contributed by atoms with Gasteiger partial charge in [0, 0.05) is 25.0 Å². The number of ether oxygens (including phenoxy) is 1. The molecule has 0 saturated heterocycles. The quantitative estimate of drug-likeness (QED) is 0.758. The van der Waals surface area contributed by atoms with Gasteiger partial charge in [-0.1, -0.05) is 6.42 Å². The highest BCUT2D eigenvalue weighted by atomic mass is 16.5. The first-order valence-electron chi connectivity index (χ1n) is 5.91. The zero-order chi connectivity index (χ0) is 11.8. The van der Waals surface area contributed by atoms with Crippen LogP contribution in [0, 0.1) is 5.92 Å². The molecule has 0 spiro atoms. The van der Waals surface area contributed by atoms with E-state index >= 15 is 0 Å². The first-order chi connectivity index (χ1) is 8.28. The van der Waals surface area contributed by atoms with Crippen molar-refractivity contribution in [1.29, 1.82) is 0 Å². The van der Waals surface area contributed by atoms with Crippen LogP contribution in [0.4, 0.5) is 0 Å². The average Bonchev–Trinajstić information content (AvgIpc) is 2.82. The van der Waals surface area contributed by atoms with Gasteiger partial charge in [0.1, 0.15) is 5.65 Å². The lowest BCUT2D eigenvalue weighted by Crippen LogP contribution is -2.17. The molecule has 0 amide bonds. The van der Waals surface area contributed by atoms with Crippen LogP contribution in [0.25, 0.3) is 5.65 Å². The fourth-order valence-corrected chi connectivity index (χ4v) is 2.24. The van der Waals surface area contributed by atoms with Crippen LogP contribution in [0.2, 0.25) is 0 Å². The number of fused-ring (bicyclic) bond motifs is 1. The average molecular weight is 233 g/mol. The van der Waals surface area contributed by atoms with Gasteiger partial charge >= 0.3 is 5.97 Å². The van der Waals surface area contributed by atoms with Gasteiger partial charge < -0.3 is 9.30 Å². The molecule has 5 heteroatoms. The summed E-state index contributed by atoms with van der Waals surface area (Å²) in [5, 5.41) is 4.18. The van der Waals surface area contributed by atoms with E-state index in [9.17, 15) is 4.79 Å². The highest BCUT2D eigenvalue weighted by Crippen LogP contribution is 2.28. The van der Waals surface area contributed by atoms with E-state index in [0.29, 0.717) is 5.69 Å². The Morgan fingerprint density at radius 2 is 2.35 bits per heavy atom. The third kappa shape index (κ3) is 1.71. The third-order valence-corrected chi connectivity index (χ3v) is 3.47. The summed E-state index contributed by atoms with van der Waals surface area (Å²) in [6, 6.07) is 1.78. The van der Waals surface area contributed by atoms with E-state index in [-0.39, 0.29) is 5.97 Å². The molecule has 0 N–H and O–H groups in total. The Labute approximate surface area is 99.0 Å². The summed E-state index contributed by atoms with van der Waals surface area (Å²) in [6.45, 7) is 1.02. The maximum Gasteiger partial charge on any atom is 0.358 e. The van der Waals surface area contributed by atoms with Crippen LogP contribution in [-0.2, 0) is 11.3 Å². The summed E-state index contributed by atoms with van der Waals surface area (Å²) >= 11 is 0. The Morgan fingerprint density at radius 1 is 1.53 bits per heavy atom. The van der Waals surface area contributed by atoms with Crippen molar-refractivity contribution >= 4 is 11.6 Å². The van der Waals surface area contributed by atoms with Gasteiger partial charge in [-0.3, -0.25) is 0 Å². The van der Waals surface area contributed by atoms with Crippen LogP contribution in [0.5, 0.6) is 0 Å². The molecule has 2 aromatic rings. The van der Waals surface area contributed by atoms with E-state index in [1.165, 1.54) is 26.4 Å². The first kappa shape index (κ1) is 10.4. The highest BCUT2D eigenvalue weighted by Gasteiger charge is 2.19. The molecule has 1 saturated carbocycles. The largest absolute Gasteiger partial charge is 0.464 e. The summed E-state index contributed by atoms with van der Waals surface area (Å²) in [4.78, 5) is 11.4. The molecule has 0 radical (unpaired) electrons. The lowest BCUT2D eigenvalue weighted by atomic mass is 9.85. The summed E-state index contributed by atoms with van der Waals surface area (Å²) in [5.41, 5.74) is 1.32. The molecular formula is C12H15N3O2. The fourth-order valence-electron chi connectivity index (χ4n) is 2.24. The van der Waals surface area contributed by atoms with E-state index in [2.05, 4.69) is 14.4 Å². The third-order valence-electron chi connectivity index (χ3n) is 3.47. The van der Waals surface area contributed by atoms with Crippen LogP contribution in [-0.4, -0.2) is 27.3 Å². The van der Waals surface area contributed by atoms with Crippen molar-refractivity contribution in [2.24, 2.45) is 5.92 Å². The lowest BCUT2D eigenvalue weighted by Gasteiger charge is -2.25. The maximum atomic E-state index is 11.4. The van der Waals surface area contributed by atoms with Gasteiger partial charge in [0.2, 0.25) is 0 Å². The Kier molecular flexibility index (Phi) is 2.39. The van der Waals surface area contributed by atoms with Crippen LogP contribution in [0.1, 0.15) is 29.8 Å². The van der Waals surface area contributed by atoms with Crippen LogP contribution < -0.4 is 0 Å². The molecule has 3 rings (SSSR count). The molecule has 1 fully saturated rings. The predicted molar refractivity (Wildman–Crippen MR) is 61.9 cm³/mol. The molecule has 0 bridgehead atoms. The van der Waals surface area contributed by atoms with Gasteiger partial charge in [-0.15, -0.1) is 0 Å². The number of aromatic nitrogens is 3. The van der Waals surface area contributed by atoms with Crippen molar-refractivity contribution in [3.05, 3.63) is 24.2 Å². The Hall–Kier alpha value is -1.78. The number of hydrogen-bond donors (Lipinski definition) is 0. The minimum atomic E-state index is -0.385. The minimum Gasteiger partial charge on any atom is -0.464 e. The summed E-state index contributed by atoms with van der Waals surface area (Å²) in [7, 11) is 1.37. The molecule has 0 unspecified atom stereocenters. The predicted octanol–water partition coefficient (Wildman–Crippen LogP) is 1.72. The molecule has 1 aliphatic carbocycles. The number of hydrogen-bond acceptors (Lipinski definition) is 3. The van der Waals surface area contributed by atoms with Crippen molar-refractivity contribution in [2.75, 3.05) is 7.11 Å². The molecule has 2 heterocycles. The molecule has 2 aromatic heterocycles. The van der Waals surface area contributed by atoms with Crippen molar-refractivity contribution in [1.82, 2.24) is 14.2 Å². The molecule has 0 atom stereocenters. The second-order valence-corrected chi connectivity index (χ2v) is 4.57. The normalized spacial score (nSPS) is 16.1. The zero-order valence-electron chi connectivity index (χ0n) is 9.80. The second-order valence-electron chi connectivity index (χ2n) is 4.57. The van der Waals surface area contributed by atoms with Crippen LogP contribution in [0.15, 0.2) is 18.5 Å². The number of carbonyl (C=O) groups is 1. The van der Waals surface area contributed by atoms with Crippen molar-refractivity contribution in [3.8, 4) is 0 Å². The Balaban J connectivity index is 1.90. The van der Waals surface area contributed by atoms with Gasteiger partial charge in [0.25, 0.3) is 0 Å². The van der Waals surface area contributed by atoms with Gasteiger partial charge in [-0.25, -0.2) is 9.31 Å². The number of nitrogens with zero attached hydrogens (tertiary/aromatic N) is 3. The maximum absolute atomic E-state index is 11.4. The molecule has 0 aromatic carbocycles. The Bertz CT molecular complexity index is 551. The van der Waals surface area contributed by atoms with Crippen LogP contribution >= 0.6 is 0 Å². The number of carbonyl (C=O) groups excluding carboxylic acids is 1. The lowest BCUT2D eigenvalue weighted by molar-refractivity contribution is 0.0593. The Morgan fingerprint density at radius 3 is 3.00 bits per heavy atom. The molecular weight excluding hydrogens is 218 g/mol.